The first-order chi connectivity index (χ1) is 16.7. The zero-order valence-electron chi connectivity index (χ0n) is 21.6. The van der Waals surface area contributed by atoms with E-state index in [1.54, 1.807) is 11.3 Å². The number of piperidine rings is 1. The highest BCUT2D eigenvalue weighted by molar-refractivity contribution is 7.08. The predicted molar refractivity (Wildman–Crippen MR) is 151 cm³/mol. The number of nitrogens with zero attached hydrogens (tertiary/aromatic N) is 2. The van der Waals surface area contributed by atoms with Gasteiger partial charge in [-0.15, -0.1) is 0 Å². The molecule has 35 heavy (non-hydrogen) atoms. The maximum Gasteiger partial charge on any atom is 0.0543 e. The summed E-state index contributed by atoms with van der Waals surface area (Å²) in [6.07, 6.45) is 5.29. The van der Waals surface area contributed by atoms with Crippen molar-refractivity contribution in [3.63, 3.8) is 0 Å². The molecule has 0 radical (unpaired) electrons. The molecule has 0 spiro atoms. The van der Waals surface area contributed by atoms with E-state index in [0.717, 1.165) is 69.1 Å². The summed E-state index contributed by atoms with van der Waals surface area (Å²) < 4.78 is 0. The van der Waals surface area contributed by atoms with Gasteiger partial charge in [-0.1, -0.05) is 50.0 Å². The van der Waals surface area contributed by atoms with Crippen LogP contribution in [0.15, 0.2) is 35.0 Å². The molecule has 2 aliphatic heterocycles. The summed E-state index contributed by atoms with van der Waals surface area (Å²) in [5.41, 5.74) is 2.95. The van der Waals surface area contributed by atoms with E-state index < -0.39 is 0 Å². The summed E-state index contributed by atoms with van der Waals surface area (Å²) in [5.74, 6) is 1.87. The van der Waals surface area contributed by atoms with Crippen LogP contribution in [0.5, 0.6) is 0 Å². The molecule has 6 heteroatoms. The van der Waals surface area contributed by atoms with Crippen molar-refractivity contribution in [3.05, 3.63) is 56.2 Å². The molecule has 3 nitrogen and oxygen atoms in total. The van der Waals surface area contributed by atoms with Gasteiger partial charge >= 0.3 is 0 Å². The van der Waals surface area contributed by atoms with Crippen molar-refractivity contribution in [2.24, 2.45) is 17.3 Å². The summed E-state index contributed by atoms with van der Waals surface area (Å²) >= 11 is 14.4. The Balaban J connectivity index is 1.30. The van der Waals surface area contributed by atoms with Gasteiger partial charge in [0.25, 0.3) is 0 Å². The van der Waals surface area contributed by atoms with Gasteiger partial charge in [-0.3, -0.25) is 4.90 Å². The minimum atomic E-state index is -0.142. The van der Waals surface area contributed by atoms with Gasteiger partial charge < -0.3 is 10.0 Å². The van der Waals surface area contributed by atoms with E-state index in [-0.39, 0.29) is 6.10 Å². The lowest BCUT2D eigenvalue weighted by Gasteiger charge is -2.35. The van der Waals surface area contributed by atoms with Crippen LogP contribution in [0.25, 0.3) is 0 Å². The molecule has 2 aromatic rings. The first kappa shape index (κ1) is 27.4. The highest BCUT2D eigenvalue weighted by atomic mass is 35.5. The maximum atomic E-state index is 10.6. The average Bonchev–Trinajstić information content (AvgIpc) is 3.45. The highest BCUT2D eigenvalue weighted by Crippen LogP contribution is 2.37. The fourth-order valence-electron chi connectivity index (χ4n) is 5.87. The number of benzene rings is 1. The number of rotatable bonds is 9. The second-order valence-corrected chi connectivity index (χ2v) is 13.7. The second-order valence-electron chi connectivity index (χ2n) is 12.1. The molecule has 0 amide bonds. The van der Waals surface area contributed by atoms with Crippen LogP contribution in [0, 0.1) is 17.3 Å². The number of aliphatic hydroxyl groups excluding tert-OH is 1. The summed E-state index contributed by atoms with van der Waals surface area (Å²) in [7, 11) is 0. The van der Waals surface area contributed by atoms with Gasteiger partial charge in [0.1, 0.15) is 0 Å². The van der Waals surface area contributed by atoms with Gasteiger partial charge in [0.05, 0.1) is 6.10 Å². The topological polar surface area (TPSA) is 26.7 Å². The van der Waals surface area contributed by atoms with Crippen LogP contribution < -0.4 is 0 Å². The van der Waals surface area contributed by atoms with Crippen LogP contribution in [0.4, 0.5) is 0 Å². The number of halogens is 2. The Morgan fingerprint density at radius 3 is 2.51 bits per heavy atom. The lowest BCUT2D eigenvalue weighted by molar-refractivity contribution is 0.0876. The third-order valence-corrected chi connectivity index (χ3v) is 9.22. The van der Waals surface area contributed by atoms with Gasteiger partial charge in [0.2, 0.25) is 0 Å². The van der Waals surface area contributed by atoms with E-state index in [1.807, 2.05) is 12.1 Å². The van der Waals surface area contributed by atoms with Crippen LogP contribution in [-0.4, -0.2) is 53.7 Å². The van der Waals surface area contributed by atoms with Crippen molar-refractivity contribution >= 4 is 34.5 Å². The quantitative estimate of drug-likeness (QED) is 0.358. The third kappa shape index (κ3) is 8.18. The van der Waals surface area contributed by atoms with Crippen LogP contribution in [0.1, 0.15) is 69.9 Å². The monoisotopic (exact) mass is 536 g/mol. The summed E-state index contributed by atoms with van der Waals surface area (Å²) in [6, 6.07) is 8.17. The number of hydrogen-bond donors (Lipinski definition) is 1. The molecule has 0 bridgehead atoms. The number of thiophene rings is 1. The fraction of sp³-hybridized carbons (Fsp3) is 0.655. The van der Waals surface area contributed by atoms with Crippen molar-refractivity contribution < 1.29 is 5.11 Å². The average molecular weight is 538 g/mol. The first-order valence-electron chi connectivity index (χ1n) is 13.2. The van der Waals surface area contributed by atoms with E-state index >= 15 is 0 Å². The summed E-state index contributed by atoms with van der Waals surface area (Å²) in [4.78, 5) is 5.25. The van der Waals surface area contributed by atoms with Crippen LogP contribution in [0.3, 0.4) is 0 Å². The fourth-order valence-corrected chi connectivity index (χ4v) is 7.06. The van der Waals surface area contributed by atoms with E-state index in [4.69, 9.17) is 23.2 Å². The van der Waals surface area contributed by atoms with Crippen LogP contribution >= 0.6 is 34.5 Å². The standard InChI is InChI=1S/C29H42Cl2N2OS/c1-29(2,3)10-6-26(34)14-21-7-11-32(12-8-21)17-24-18-33(19-27(24)23-9-13-35-20-23)16-22-4-5-25(30)15-28(22)31/h4-5,9,13,15,20-21,24,26-27,34H,6-8,10-12,14,16-19H2,1-3H3. The molecular weight excluding hydrogens is 495 g/mol. The van der Waals surface area contributed by atoms with E-state index in [1.165, 1.54) is 18.4 Å². The Kier molecular flexibility index (Phi) is 9.62. The van der Waals surface area contributed by atoms with Gasteiger partial charge in [0.15, 0.2) is 0 Å². The van der Waals surface area contributed by atoms with Crippen molar-refractivity contribution in [2.45, 2.75) is 71.4 Å². The number of likely N-dealkylation sites (tertiary alicyclic amines) is 2. The molecule has 3 atom stereocenters. The SMILES string of the molecule is CC(C)(C)CCC(O)CC1CCN(CC2CN(Cc3ccc(Cl)cc3Cl)CC2c2ccsc2)CC1. The smallest absolute Gasteiger partial charge is 0.0543 e. The molecule has 1 aromatic heterocycles. The Hall–Kier alpha value is -0.620. The molecule has 2 fully saturated rings. The van der Waals surface area contributed by atoms with Crippen LogP contribution in [-0.2, 0) is 6.54 Å². The van der Waals surface area contributed by atoms with Crippen molar-refractivity contribution in [1.29, 1.82) is 0 Å². The molecule has 1 aromatic carbocycles. The second kappa shape index (κ2) is 12.3. The molecule has 0 aliphatic carbocycles. The first-order valence-corrected chi connectivity index (χ1v) is 14.9. The molecule has 0 saturated carbocycles. The normalized spacial score (nSPS) is 23.7. The molecular formula is C29H42Cl2N2OS. The van der Waals surface area contributed by atoms with Crippen LogP contribution in [0.2, 0.25) is 10.0 Å². The third-order valence-electron chi connectivity index (χ3n) is 7.93. The number of aliphatic hydroxyl groups is 1. The summed E-state index contributed by atoms with van der Waals surface area (Å²) in [6.45, 7) is 13.3. The molecule has 4 rings (SSSR count). The molecule has 2 aliphatic rings. The van der Waals surface area contributed by atoms with E-state index in [9.17, 15) is 5.11 Å². The molecule has 3 unspecified atom stereocenters. The van der Waals surface area contributed by atoms with E-state index in [0.29, 0.717) is 28.2 Å². The Labute approximate surface area is 226 Å². The lowest BCUT2D eigenvalue weighted by Crippen LogP contribution is -2.39. The Morgan fingerprint density at radius 2 is 1.86 bits per heavy atom. The zero-order valence-corrected chi connectivity index (χ0v) is 23.9. The molecule has 2 saturated heterocycles. The Bertz CT molecular complexity index is 921. The van der Waals surface area contributed by atoms with E-state index in [2.05, 4.69) is 53.5 Å². The largest absolute Gasteiger partial charge is 0.393 e. The predicted octanol–water partition coefficient (Wildman–Crippen LogP) is 7.56. The van der Waals surface area contributed by atoms with Gasteiger partial charge in [-0.25, -0.2) is 0 Å². The number of hydrogen-bond acceptors (Lipinski definition) is 4. The summed E-state index contributed by atoms with van der Waals surface area (Å²) in [5, 5.41) is 16.6. The minimum Gasteiger partial charge on any atom is -0.393 e. The van der Waals surface area contributed by atoms with Crippen molar-refractivity contribution in [2.75, 3.05) is 32.7 Å². The molecule has 3 heterocycles. The van der Waals surface area contributed by atoms with Gasteiger partial charge in [-0.05, 0) is 103 Å². The minimum absolute atomic E-state index is 0.142. The maximum absolute atomic E-state index is 10.6. The Morgan fingerprint density at radius 1 is 1.09 bits per heavy atom. The van der Waals surface area contributed by atoms with Gasteiger partial charge in [-0.2, -0.15) is 11.3 Å². The highest BCUT2D eigenvalue weighted by Gasteiger charge is 2.36. The molecule has 1 N–H and O–H groups in total. The van der Waals surface area contributed by atoms with Crippen molar-refractivity contribution in [1.82, 2.24) is 9.80 Å². The van der Waals surface area contributed by atoms with Gasteiger partial charge in [0, 0.05) is 42.1 Å². The molecule has 194 valence electrons. The zero-order chi connectivity index (χ0) is 25.0. The van der Waals surface area contributed by atoms with Crippen molar-refractivity contribution in [3.8, 4) is 0 Å². The lowest BCUT2D eigenvalue weighted by atomic mass is 9.85.